The first-order valence-electron chi connectivity index (χ1n) is 6.48. The van der Waals surface area contributed by atoms with Gasteiger partial charge >= 0.3 is 0 Å². The summed E-state index contributed by atoms with van der Waals surface area (Å²) in [6.45, 7) is 2.04. The predicted octanol–water partition coefficient (Wildman–Crippen LogP) is 2.79. The van der Waals surface area contributed by atoms with E-state index in [2.05, 4.69) is 21.4 Å². The quantitative estimate of drug-likeness (QED) is 0.559. The van der Waals surface area contributed by atoms with Crippen LogP contribution in [0.5, 0.6) is 11.5 Å². The maximum atomic E-state index is 5.68. The van der Waals surface area contributed by atoms with Crippen molar-refractivity contribution in [1.29, 1.82) is 0 Å². The lowest BCUT2D eigenvalue weighted by Crippen LogP contribution is -2.29. The minimum absolute atomic E-state index is 0.00949. The maximum absolute atomic E-state index is 5.68. The third-order valence-electron chi connectivity index (χ3n) is 3.36. The molecule has 0 saturated carbocycles. The Bertz CT molecular complexity index is 429. The molecule has 2 unspecified atom stereocenters. The van der Waals surface area contributed by atoms with Gasteiger partial charge in [0.2, 0.25) is 0 Å². The van der Waals surface area contributed by atoms with Crippen LogP contribution in [0.3, 0.4) is 0 Å². The largest absolute Gasteiger partial charge is 0.495 e. The number of hydrogen-bond acceptors (Lipinski definition) is 5. The Hall–Kier alpha value is -0.820. The van der Waals surface area contributed by atoms with Crippen LogP contribution in [-0.2, 0) is 4.74 Å². The van der Waals surface area contributed by atoms with E-state index < -0.39 is 0 Å². The van der Waals surface area contributed by atoms with Crippen molar-refractivity contribution in [2.24, 2.45) is 5.84 Å². The second kappa shape index (κ2) is 8.46. The van der Waals surface area contributed by atoms with E-state index in [1.165, 1.54) is 0 Å². The van der Waals surface area contributed by atoms with E-state index in [9.17, 15) is 0 Å². The van der Waals surface area contributed by atoms with Crippen molar-refractivity contribution in [2.45, 2.75) is 31.9 Å². The van der Waals surface area contributed by atoms with E-state index in [-0.39, 0.29) is 12.1 Å². The summed E-state index contributed by atoms with van der Waals surface area (Å²) in [4.78, 5) is 0. The molecule has 0 bridgehead atoms. The molecule has 0 amide bonds. The van der Waals surface area contributed by atoms with Gasteiger partial charge in [-0.05, 0) is 47.8 Å². The highest BCUT2D eigenvalue weighted by atomic mass is 79.9. The molecule has 114 valence electrons. The Morgan fingerprint density at radius 2 is 1.90 bits per heavy atom. The van der Waals surface area contributed by atoms with Crippen LogP contribution >= 0.6 is 15.9 Å². The van der Waals surface area contributed by atoms with Gasteiger partial charge in [0.25, 0.3) is 0 Å². The molecule has 0 fully saturated rings. The molecule has 0 aliphatic heterocycles. The van der Waals surface area contributed by atoms with E-state index in [4.69, 9.17) is 20.1 Å². The average molecular weight is 347 g/mol. The van der Waals surface area contributed by atoms with Gasteiger partial charge in [-0.25, -0.2) is 0 Å². The zero-order valence-electron chi connectivity index (χ0n) is 12.4. The van der Waals surface area contributed by atoms with Gasteiger partial charge in [0.15, 0.2) is 0 Å². The monoisotopic (exact) mass is 346 g/mol. The number of nitrogens with one attached hydrogen (secondary N) is 1. The first kappa shape index (κ1) is 17.2. The van der Waals surface area contributed by atoms with Crippen LogP contribution in [0, 0.1) is 0 Å². The fourth-order valence-corrected chi connectivity index (χ4v) is 2.73. The summed E-state index contributed by atoms with van der Waals surface area (Å²) in [5, 5.41) is 0. The molecule has 1 aromatic carbocycles. The maximum Gasteiger partial charge on any atom is 0.141 e. The van der Waals surface area contributed by atoms with E-state index in [0.717, 1.165) is 34.4 Å². The fourth-order valence-electron chi connectivity index (χ4n) is 2.04. The van der Waals surface area contributed by atoms with Gasteiger partial charge in [-0.2, -0.15) is 0 Å². The highest BCUT2D eigenvalue weighted by Crippen LogP contribution is 2.40. The zero-order valence-corrected chi connectivity index (χ0v) is 14.0. The number of rotatable bonds is 8. The van der Waals surface area contributed by atoms with E-state index in [1.54, 1.807) is 21.3 Å². The van der Waals surface area contributed by atoms with Gasteiger partial charge in [-0.1, -0.05) is 0 Å². The molecule has 0 radical (unpaired) electrons. The van der Waals surface area contributed by atoms with Crippen LogP contribution in [0.1, 0.15) is 31.4 Å². The first-order chi connectivity index (χ1) is 9.58. The van der Waals surface area contributed by atoms with Crippen LogP contribution in [-0.4, -0.2) is 27.4 Å². The van der Waals surface area contributed by atoms with E-state index in [0.29, 0.717) is 0 Å². The Morgan fingerprint density at radius 3 is 2.40 bits per heavy atom. The van der Waals surface area contributed by atoms with Crippen molar-refractivity contribution < 1.29 is 14.2 Å². The summed E-state index contributed by atoms with van der Waals surface area (Å²) in [7, 11) is 4.96. The lowest BCUT2D eigenvalue weighted by atomic mass is 10.00. The van der Waals surface area contributed by atoms with Crippen molar-refractivity contribution in [3.8, 4) is 11.5 Å². The third kappa shape index (κ3) is 4.09. The second-order valence-electron chi connectivity index (χ2n) is 4.55. The van der Waals surface area contributed by atoms with Gasteiger partial charge in [-0.3, -0.25) is 11.3 Å². The van der Waals surface area contributed by atoms with Gasteiger partial charge in [0.1, 0.15) is 16.0 Å². The summed E-state index contributed by atoms with van der Waals surface area (Å²) < 4.78 is 16.8. The highest BCUT2D eigenvalue weighted by Gasteiger charge is 2.20. The summed E-state index contributed by atoms with van der Waals surface area (Å²) in [6, 6.07) is 3.85. The predicted molar refractivity (Wildman–Crippen MR) is 83.0 cm³/mol. The Morgan fingerprint density at radius 1 is 1.20 bits per heavy atom. The van der Waals surface area contributed by atoms with E-state index in [1.807, 2.05) is 19.1 Å². The second-order valence-corrected chi connectivity index (χ2v) is 5.34. The van der Waals surface area contributed by atoms with Crippen molar-refractivity contribution in [2.75, 3.05) is 21.3 Å². The number of halogens is 1. The van der Waals surface area contributed by atoms with Gasteiger partial charge in [0.05, 0.1) is 20.3 Å². The van der Waals surface area contributed by atoms with Crippen molar-refractivity contribution in [3.05, 3.63) is 22.2 Å². The number of methoxy groups -OCH3 is 3. The minimum Gasteiger partial charge on any atom is -0.495 e. The molecule has 1 rings (SSSR count). The summed E-state index contributed by atoms with van der Waals surface area (Å²) in [5.41, 5.74) is 3.83. The van der Waals surface area contributed by atoms with Gasteiger partial charge in [-0.15, -0.1) is 0 Å². The third-order valence-corrected chi connectivity index (χ3v) is 4.11. The normalized spacial score (nSPS) is 13.9. The van der Waals surface area contributed by atoms with Crippen LogP contribution in [0.15, 0.2) is 16.6 Å². The molecule has 6 heteroatoms. The smallest absolute Gasteiger partial charge is 0.141 e. The fraction of sp³-hybridized carbons (Fsp3) is 0.571. The molecular formula is C14H23BrN2O3. The lowest BCUT2D eigenvalue weighted by molar-refractivity contribution is 0.106. The molecule has 0 aromatic heterocycles. The van der Waals surface area contributed by atoms with Crippen LogP contribution in [0.2, 0.25) is 0 Å². The Labute approximate surface area is 128 Å². The van der Waals surface area contributed by atoms with Gasteiger partial charge < -0.3 is 14.2 Å². The first-order valence-corrected chi connectivity index (χ1v) is 7.27. The topological polar surface area (TPSA) is 65.7 Å². The zero-order chi connectivity index (χ0) is 15.1. The molecule has 0 heterocycles. The lowest BCUT2D eigenvalue weighted by Gasteiger charge is -2.22. The number of hydrogen-bond donors (Lipinski definition) is 2. The molecule has 0 spiro atoms. The molecule has 0 saturated heterocycles. The minimum atomic E-state index is -0.00949. The van der Waals surface area contributed by atoms with Crippen LogP contribution in [0.25, 0.3) is 0 Å². The number of ether oxygens (including phenoxy) is 3. The van der Waals surface area contributed by atoms with Gasteiger partial charge in [0, 0.05) is 18.7 Å². The Balaban J connectivity index is 3.00. The number of hydrazine groups is 1. The summed E-state index contributed by atoms with van der Waals surface area (Å²) >= 11 is 3.50. The molecule has 1 aromatic rings. The average Bonchev–Trinajstić information content (AvgIpc) is 2.47. The number of benzene rings is 1. The summed E-state index contributed by atoms with van der Waals surface area (Å²) in [5.74, 6) is 7.15. The molecule has 2 atom stereocenters. The summed E-state index contributed by atoms with van der Waals surface area (Å²) in [6.07, 6.45) is 1.94. The highest BCUT2D eigenvalue weighted by molar-refractivity contribution is 9.10. The van der Waals surface area contributed by atoms with Crippen LogP contribution in [0.4, 0.5) is 0 Å². The van der Waals surface area contributed by atoms with Crippen molar-refractivity contribution >= 4 is 15.9 Å². The molecule has 3 N–H and O–H groups in total. The SMILES string of the molecule is COc1ccc(C(CCC(C)OC)NN)c(OC)c1Br. The number of nitrogens with two attached hydrogens (primary N) is 1. The Kier molecular flexibility index (Phi) is 7.29. The molecule has 0 aliphatic carbocycles. The molecule has 5 nitrogen and oxygen atoms in total. The van der Waals surface area contributed by atoms with Crippen molar-refractivity contribution in [3.63, 3.8) is 0 Å². The van der Waals surface area contributed by atoms with E-state index >= 15 is 0 Å². The molecular weight excluding hydrogens is 324 g/mol. The molecule has 20 heavy (non-hydrogen) atoms. The standard InChI is InChI=1S/C14H23BrN2O3/c1-9(18-2)5-7-11(17-16)10-6-8-12(19-3)13(15)14(10)20-4/h6,8-9,11,17H,5,7,16H2,1-4H3. The van der Waals surface area contributed by atoms with Crippen LogP contribution < -0.4 is 20.7 Å². The molecule has 0 aliphatic rings. The van der Waals surface area contributed by atoms with Crippen molar-refractivity contribution in [1.82, 2.24) is 5.43 Å².